The Labute approximate surface area is 79.2 Å². The summed E-state index contributed by atoms with van der Waals surface area (Å²) in [6.07, 6.45) is 0.380. The number of rotatable bonds is 6. The van der Waals surface area contributed by atoms with Crippen molar-refractivity contribution in [3.05, 3.63) is 12.2 Å². The van der Waals surface area contributed by atoms with Crippen molar-refractivity contribution in [3.8, 4) is 0 Å². The third kappa shape index (κ3) is 7.63. The van der Waals surface area contributed by atoms with Gasteiger partial charge in [-0.15, -0.1) is 0 Å². The summed E-state index contributed by atoms with van der Waals surface area (Å²) >= 11 is -2.25. The van der Waals surface area contributed by atoms with Crippen molar-refractivity contribution in [1.82, 2.24) is 0 Å². The Bertz CT molecular complexity index is 213. The third-order valence-corrected chi connectivity index (χ3v) is 1.42. The molecular weight excluding hydrogens is 196 g/mol. The van der Waals surface area contributed by atoms with Crippen LogP contribution in [0, 0.1) is 0 Å². The fourth-order valence-electron chi connectivity index (χ4n) is 0.477. The van der Waals surface area contributed by atoms with Crippen molar-refractivity contribution in [1.29, 1.82) is 0 Å². The lowest BCUT2D eigenvalue weighted by Crippen LogP contribution is -2.08. The van der Waals surface area contributed by atoms with Crippen LogP contribution in [0.4, 0.5) is 0 Å². The molecule has 13 heavy (non-hydrogen) atoms. The number of hydrogen-bond donors (Lipinski definition) is 1. The summed E-state index contributed by atoms with van der Waals surface area (Å²) in [4.78, 5) is 10.8. The van der Waals surface area contributed by atoms with Gasteiger partial charge in [-0.1, -0.05) is 6.58 Å². The second-order valence-corrected chi connectivity index (χ2v) is 2.98. The van der Waals surface area contributed by atoms with Crippen LogP contribution in [-0.4, -0.2) is 27.9 Å². The van der Waals surface area contributed by atoms with Crippen LogP contribution in [-0.2, 0) is 25.1 Å². The van der Waals surface area contributed by atoms with Gasteiger partial charge in [-0.05, 0) is 6.92 Å². The highest BCUT2D eigenvalue weighted by molar-refractivity contribution is 7.74. The Kier molecular flexibility index (Phi) is 6.38. The smallest absolute Gasteiger partial charge is 0.333 e. The first-order valence-electron chi connectivity index (χ1n) is 3.61. The maximum atomic E-state index is 10.8. The van der Waals surface area contributed by atoms with Gasteiger partial charge < -0.3 is 4.74 Å². The molecule has 6 heteroatoms. The lowest BCUT2D eigenvalue weighted by Gasteiger charge is -2.02. The van der Waals surface area contributed by atoms with Gasteiger partial charge in [-0.25, -0.2) is 4.79 Å². The van der Waals surface area contributed by atoms with Crippen molar-refractivity contribution in [2.45, 2.75) is 13.3 Å². The highest BCUT2D eigenvalue weighted by Crippen LogP contribution is 1.94. The molecule has 0 aliphatic rings. The number of carbonyl (C=O) groups excluding carboxylic acids is 1. The molecule has 1 N–H and O–H groups in total. The van der Waals surface area contributed by atoms with Gasteiger partial charge in [0.2, 0.25) is 0 Å². The summed E-state index contributed by atoms with van der Waals surface area (Å²) in [5, 5.41) is 0. The second kappa shape index (κ2) is 6.76. The Morgan fingerprint density at radius 1 is 1.54 bits per heavy atom. The highest BCUT2D eigenvalue weighted by Gasteiger charge is 2.02. The van der Waals surface area contributed by atoms with E-state index in [-0.39, 0.29) is 13.2 Å². The van der Waals surface area contributed by atoms with E-state index in [1.165, 1.54) is 0 Å². The van der Waals surface area contributed by atoms with E-state index in [9.17, 15) is 9.00 Å². The van der Waals surface area contributed by atoms with Crippen LogP contribution in [0.15, 0.2) is 12.2 Å². The molecule has 0 aliphatic carbocycles. The molecule has 0 aliphatic heterocycles. The van der Waals surface area contributed by atoms with Gasteiger partial charge in [0, 0.05) is 12.0 Å². The van der Waals surface area contributed by atoms with Crippen LogP contribution in [0.1, 0.15) is 13.3 Å². The molecule has 0 aromatic heterocycles. The molecule has 0 aromatic carbocycles. The minimum absolute atomic E-state index is 0.0760. The Morgan fingerprint density at radius 2 is 2.15 bits per heavy atom. The summed E-state index contributed by atoms with van der Waals surface area (Å²) < 4.78 is 27.1. The molecule has 0 aromatic rings. The molecule has 0 heterocycles. The number of hydrogen-bond acceptors (Lipinski definition) is 4. The topological polar surface area (TPSA) is 72.8 Å². The molecule has 76 valence electrons. The first-order chi connectivity index (χ1) is 6.04. The van der Waals surface area contributed by atoms with Gasteiger partial charge in [-0.3, -0.25) is 8.74 Å². The molecule has 0 rings (SSSR count). The largest absolute Gasteiger partial charge is 0.462 e. The quantitative estimate of drug-likeness (QED) is 0.300. The van der Waals surface area contributed by atoms with Crippen LogP contribution in [0.25, 0.3) is 0 Å². The van der Waals surface area contributed by atoms with E-state index < -0.39 is 17.3 Å². The van der Waals surface area contributed by atoms with Crippen LogP contribution >= 0.6 is 0 Å². The van der Waals surface area contributed by atoms with Crippen molar-refractivity contribution < 1.29 is 22.5 Å². The number of carbonyl (C=O) groups is 1. The molecule has 5 nitrogen and oxygen atoms in total. The van der Waals surface area contributed by atoms with Crippen molar-refractivity contribution in [2.75, 3.05) is 13.2 Å². The van der Waals surface area contributed by atoms with Gasteiger partial charge in [-0.2, -0.15) is 4.21 Å². The van der Waals surface area contributed by atoms with Gasteiger partial charge >= 0.3 is 17.3 Å². The first kappa shape index (κ1) is 12.3. The molecule has 0 saturated heterocycles. The standard InChI is InChI=1S/C7H12O5S/c1-6(2)7(8)11-4-3-5-12-13(9)10/h1,3-5H2,2H3,(H,9,10). The summed E-state index contributed by atoms with van der Waals surface area (Å²) in [7, 11) is 0. The van der Waals surface area contributed by atoms with Crippen molar-refractivity contribution in [3.63, 3.8) is 0 Å². The molecule has 1 atom stereocenters. The molecular formula is C7H12O5S. The Hall–Kier alpha value is -0.720. The van der Waals surface area contributed by atoms with E-state index in [0.717, 1.165) is 0 Å². The van der Waals surface area contributed by atoms with Gasteiger partial charge in [0.1, 0.15) is 0 Å². The van der Waals surface area contributed by atoms with E-state index >= 15 is 0 Å². The Balaban J connectivity index is 3.31. The zero-order chi connectivity index (χ0) is 10.3. The molecule has 1 unspecified atom stereocenters. The highest BCUT2D eigenvalue weighted by atomic mass is 32.2. The van der Waals surface area contributed by atoms with Crippen LogP contribution < -0.4 is 0 Å². The monoisotopic (exact) mass is 208 g/mol. The zero-order valence-corrected chi connectivity index (χ0v) is 8.13. The van der Waals surface area contributed by atoms with E-state index in [2.05, 4.69) is 15.5 Å². The maximum absolute atomic E-state index is 10.8. The SMILES string of the molecule is C=C(C)C(=O)OCCCOS(=O)O. The number of esters is 1. The molecule has 0 radical (unpaired) electrons. The fourth-order valence-corrected chi connectivity index (χ4v) is 0.738. The summed E-state index contributed by atoms with van der Waals surface area (Å²) in [5.74, 6) is -0.467. The summed E-state index contributed by atoms with van der Waals surface area (Å²) in [5.41, 5.74) is 0.326. The molecule has 0 amide bonds. The summed E-state index contributed by atoms with van der Waals surface area (Å²) in [6.45, 7) is 5.16. The van der Waals surface area contributed by atoms with Gasteiger partial charge in [0.05, 0.1) is 13.2 Å². The maximum Gasteiger partial charge on any atom is 0.333 e. The predicted octanol–water partition coefficient (Wildman–Crippen LogP) is 0.649. The normalized spacial score (nSPS) is 12.2. The zero-order valence-electron chi connectivity index (χ0n) is 7.32. The Morgan fingerprint density at radius 3 is 2.62 bits per heavy atom. The predicted molar refractivity (Wildman–Crippen MR) is 47.1 cm³/mol. The summed E-state index contributed by atoms with van der Waals surface area (Å²) in [6, 6.07) is 0. The second-order valence-electron chi connectivity index (χ2n) is 2.31. The van der Waals surface area contributed by atoms with Crippen LogP contribution in [0.3, 0.4) is 0 Å². The van der Waals surface area contributed by atoms with Gasteiger partial charge in [0.15, 0.2) is 0 Å². The fraction of sp³-hybridized carbons (Fsp3) is 0.571. The minimum atomic E-state index is -2.25. The molecule has 0 spiro atoms. The van der Waals surface area contributed by atoms with Gasteiger partial charge in [0.25, 0.3) is 0 Å². The lowest BCUT2D eigenvalue weighted by molar-refractivity contribution is -0.139. The molecule has 0 fully saturated rings. The van der Waals surface area contributed by atoms with Crippen LogP contribution in [0.5, 0.6) is 0 Å². The van der Waals surface area contributed by atoms with E-state index in [1.807, 2.05) is 0 Å². The molecule has 0 bridgehead atoms. The average molecular weight is 208 g/mol. The minimum Gasteiger partial charge on any atom is -0.462 e. The average Bonchev–Trinajstić information content (AvgIpc) is 2.02. The van der Waals surface area contributed by atoms with E-state index in [0.29, 0.717) is 12.0 Å². The first-order valence-corrected chi connectivity index (χ1v) is 4.64. The van der Waals surface area contributed by atoms with Crippen LogP contribution in [0.2, 0.25) is 0 Å². The van der Waals surface area contributed by atoms with Crippen molar-refractivity contribution in [2.24, 2.45) is 0 Å². The van der Waals surface area contributed by atoms with Crippen molar-refractivity contribution >= 4 is 17.3 Å². The van der Waals surface area contributed by atoms with E-state index in [1.54, 1.807) is 6.92 Å². The third-order valence-electron chi connectivity index (χ3n) is 1.05. The lowest BCUT2D eigenvalue weighted by atomic mass is 10.4. The number of ether oxygens (including phenoxy) is 1. The molecule has 0 saturated carbocycles. The van der Waals surface area contributed by atoms with E-state index in [4.69, 9.17) is 4.55 Å².